The van der Waals surface area contributed by atoms with Crippen LogP contribution in [0.15, 0.2) is 192 Å². The number of pyridine rings is 2. The van der Waals surface area contributed by atoms with Crippen molar-refractivity contribution in [2.24, 2.45) is 0 Å². The van der Waals surface area contributed by atoms with Crippen molar-refractivity contribution in [1.82, 2.24) is 14.4 Å². The number of furan rings is 1. The number of hydrogen-bond acceptors (Lipinski definition) is 3. The fraction of sp³-hybridized carbons (Fsp3) is 0. The van der Waals surface area contributed by atoms with Gasteiger partial charge in [-0.25, -0.2) is 9.97 Å². The van der Waals surface area contributed by atoms with E-state index >= 15 is 0 Å². The Morgan fingerprint density at radius 1 is 0.370 bits per heavy atom. The normalized spacial score (nSPS) is 11.7. The van der Waals surface area contributed by atoms with Gasteiger partial charge >= 0.3 is 0 Å². The number of imidazole rings is 1. The summed E-state index contributed by atoms with van der Waals surface area (Å²) in [6.07, 6.45) is 0. The fourth-order valence-electron chi connectivity index (χ4n) is 7.96. The lowest BCUT2D eigenvalue weighted by Crippen LogP contribution is -1.91. The van der Waals surface area contributed by atoms with Crippen LogP contribution in [0.5, 0.6) is 0 Å². The molecule has 252 valence electrons. The predicted molar refractivity (Wildman–Crippen MR) is 222 cm³/mol. The Bertz CT molecular complexity index is 3150. The van der Waals surface area contributed by atoms with Crippen LogP contribution in [0.4, 0.5) is 0 Å². The number of nitrogens with zero attached hydrogens (tertiary/aromatic N) is 3. The van der Waals surface area contributed by atoms with Crippen LogP contribution >= 0.6 is 0 Å². The van der Waals surface area contributed by atoms with Gasteiger partial charge in [-0.3, -0.25) is 4.40 Å². The largest absolute Gasteiger partial charge is 0.439 e. The molecular formula is C50H31N3O. The molecule has 11 aromatic rings. The molecule has 4 aromatic heterocycles. The highest BCUT2D eigenvalue weighted by Gasteiger charge is 2.19. The van der Waals surface area contributed by atoms with Crippen LogP contribution in [0.2, 0.25) is 0 Å². The molecule has 0 bridgehead atoms. The van der Waals surface area contributed by atoms with Crippen LogP contribution in [0.3, 0.4) is 0 Å². The van der Waals surface area contributed by atoms with Crippen LogP contribution in [0.25, 0.3) is 105 Å². The Hall–Kier alpha value is -7.30. The third kappa shape index (κ3) is 4.92. The van der Waals surface area contributed by atoms with Crippen molar-refractivity contribution in [3.05, 3.63) is 188 Å². The lowest BCUT2D eigenvalue weighted by Gasteiger charge is -2.12. The summed E-state index contributed by atoms with van der Waals surface area (Å²) >= 11 is 0. The number of fused-ring (bicyclic) bond motifs is 10. The van der Waals surface area contributed by atoms with E-state index in [-0.39, 0.29) is 0 Å². The topological polar surface area (TPSA) is 43.3 Å². The SMILES string of the molecule is c1ccc(-c2cc(-c3cccc(-c4cccc(-c5ccc6oc7c(c6c5)c5ccccc5c5nc6ccccc6n57)c4)c3)cc(-c3ccccc3)n2)cc1. The van der Waals surface area contributed by atoms with Crippen molar-refractivity contribution in [2.75, 3.05) is 0 Å². The van der Waals surface area contributed by atoms with Gasteiger partial charge in [-0.1, -0.05) is 140 Å². The first-order valence-electron chi connectivity index (χ1n) is 18.2. The lowest BCUT2D eigenvalue weighted by atomic mass is 9.94. The van der Waals surface area contributed by atoms with E-state index in [0.29, 0.717) is 0 Å². The molecule has 0 fully saturated rings. The first kappa shape index (κ1) is 30.3. The molecule has 0 aliphatic carbocycles. The minimum Gasteiger partial charge on any atom is -0.439 e. The third-order valence-corrected chi connectivity index (χ3v) is 10.6. The van der Waals surface area contributed by atoms with Gasteiger partial charge in [-0.2, -0.15) is 0 Å². The van der Waals surface area contributed by atoms with Crippen molar-refractivity contribution in [1.29, 1.82) is 0 Å². The molecule has 0 atom stereocenters. The number of para-hydroxylation sites is 2. The van der Waals surface area contributed by atoms with Gasteiger partial charge in [0, 0.05) is 21.9 Å². The molecule has 4 nitrogen and oxygen atoms in total. The summed E-state index contributed by atoms with van der Waals surface area (Å²) in [5, 5.41) is 4.44. The van der Waals surface area contributed by atoms with Crippen LogP contribution in [-0.4, -0.2) is 14.4 Å². The number of hydrogen-bond donors (Lipinski definition) is 0. The summed E-state index contributed by atoms with van der Waals surface area (Å²) in [6.45, 7) is 0. The lowest BCUT2D eigenvalue weighted by molar-refractivity contribution is 0.650. The van der Waals surface area contributed by atoms with Crippen LogP contribution in [0.1, 0.15) is 0 Å². The van der Waals surface area contributed by atoms with Crippen molar-refractivity contribution in [3.63, 3.8) is 0 Å². The highest BCUT2D eigenvalue weighted by atomic mass is 16.3. The van der Waals surface area contributed by atoms with Crippen LogP contribution in [0, 0.1) is 0 Å². The van der Waals surface area contributed by atoms with Crippen molar-refractivity contribution >= 4 is 49.5 Å². The molecule has 0 unspecified atom stereocenters. The van der Waals surface area contributed by atoms with Gasteiger partial charge in [-0.15, -0.1) is 0 Å². The van der Waals surface area contributed by atoms with Gasteiger partial charge in [0.05, 0.1) is 27.8 Å². The molecule has 0 saturated heterocycles. The van der Waals surface area contributed by atoms with E-state index in [1.54, 1.807) is 0 Å². The molecular weight excluding hydrogens is 659 g/mol. The molecule has 0 saturated carbocycles. The summed E-state index contributed by atoms with van der Waals surface area (Å²) in [7, 11) is 0. The summed E-state index contributed by atoms with van der Waals surface area (Å²) in [5.41, 5.74) is 15.5. The molecule has 0 radical (unpaired) electrons. The zero-order chi connectivity index (χ0) is 35.6. The molecule has 0 spiro atoms. The van der Waals surface area contributed by atoms with Crippen LogP contribution < -0.4 is 0 Å². The van der Waals surface area contributed by atoms with E-state index in [1.165, 1.54) is 0 Å². The van der Waals surface area contributed by atoms with Crippen molar-refractivity contribution < 1.29 is 4.42 Å². The molecule has 0 aliphatic rings. The molecule has 0 N–H and O–H groups in total. The van der Waals surface area contributed by atoms with E-state index in [4.69, 9.17) is 14.4 Å². The molecule has 0 amide bonds. The predicted octanol–water partition coefficient (Wildman–Crippen LogP) is 13.3. The zero-order valence-electron chi connectivity index (χ0n) is 29.1. The number of rotatable bonds is 5. The molecule has 0 aliphatic heterocycles. The Morgan fingerprint density at radius 3 is 1.57 bits per heavy atom. The summed E-state index contributed by atoms with van der Waals surface area (Å²) < 4.78 is 8.85. The first-order valence-corrected chi connectivity index (χ1v) is 18.2. The third-order valence-electron chi connectivity index (χ3n) is 10.6. The van der Waals surface area contributed by atoms with Gasteiger partial charge in [0.15, 0.2) is 0 Å². The average molecular weight is 690 g/mol. The van der Waals surface area contributed by atoms with E-state index in [0.717, 1.165) is 105 Å². The highest BCUT2D eigenvalue weighted by Crippen LogP contribution is 2.40. The maximum absolute atomic E-state index is 6.67. The maximum Gasteiger partial charge on any atom is 0.215 e. The van der Waals surface area contributed by atoms with Crippen molar-refractivity contribution in [3.8, 4) is 55.9 Å². The highest BCUT2D eigenvalue weighted by molar-refractivity contribution is 6.22. The molecule has 11 rings (SSSR count). The zero-order valence-corrected chi connectivity index (χ0v) is 29.1. The first-order chi connectivity index (χ1) is 26.7. The molecule has 4 heteroatoms. The monoisotopic (exact) mass is 689 g/mol. The van der Waals surface area contributed by atoms with Gasteiger partial charge in [0.2, 0.25) is 5.71 Å². The number of aromatic nitrogens is 3. The van der Waals surface area contributed by atoms with E-state index in [9.17, 15) is 0 Å². The van der Waals surface area contributed by atoms with E-state index < -0.39 is 0 Å². The van der Waals surface area contributed by atoms with Crippen molar-refractivity contribution in [2.45, 2.75) is 0 Å². The number of benzene rings is 7. The summed E-state index contributed by atoms with van der Waals surface area (Å²) in [5.74, 6) is 0. The van der Waals surface area contributed by atoms with E-state index in [1.807, 2.05) is 18.2 Å². The summed E-state index contributed by atoms with van der Waals surface area (Å²) in [4.78, 5) is 10.1. The van der Waals surface area contributed by atoms with Gasteiger partial charge in [0.25, 0.3) is 0 Å². The molecule has 7 aromatic carbocycles. The second kappa shape index (κ2) is 12.1. The van der Waals surface area contributed by atoms with Gasteiger partial charge in [-0.05, 0) is 87.3 Å². The Balaban J connectivity index is 1.03. The van der Waals surface area contributed by atoms with Gasteiger partial charge < -0.3 is 4.42 Å². The standard InChI is InChI=1S/C50H31N3O/c1-3-13-32(14-4-1)44-30-39(31-45(51-44)33-15-5-2-6-16-33)37-20-12-18-35(28-37)34-17-11-19-36(27-34)38-25-26-47-42(29-38)48-40-21-7-8-22-41(40)49-52-43-23-9-10-24-46(43)53(49)50(48)54-47/h1-31H. The second-order valence-electron chi connectivity index (χ2n) is 13.8. The second-order valence-corrected chi connectivity index (χ2v) is 13.8. The Morgan fingerprint density at radius 2 is 0.907 bits per heavy atom. The average Bonchev–Trinajstić information content (AvgIpc) is 3.83. The van der Waals surface area contributed by atoms with Gasteiger partial charge in [0.1, 0.15) is 11.2 Å². The smallest absolute Gasteiger partial charge is 0.215 e. The fourth-order valence-corrected chi connectivity index (χ4v) is 7.96. The van der Waals surface area contributed by atoms with Crippen LogP contribution in [-0.2, 0) is 0 Å². The summed E-state index contributed by atoms with van der Waals surface area (Å²) in [6, 6.07) is 66.2. The quantitative estimate of drug-likeness (QED) is 0.181. The maximum atomic E-state index is 6.67. The Kier molecular flexibility index (Phi) is 6.82. The molecule has 54 heavy (non-hydrogen) atoms. The van der Waals surface area contributed by atoms with E-state index in [2.05, 4.69) is 174 Å². The molecule has 4 heterocycles. The minimum atomic E-state index is 0.817. The Labute approximate surface area is 311 Å². The minimum absolute atomic E-state index is 0.817.